The van der Waals surface area contributed by atoms with Crippen LogP contribution in [0.3, 0.4) is 0 Å². The lowest BCUT2D eigenvalue weighted by molar-refractivity contribution is -0.141. The van der Waals surface area contributed by atoms with E-state index < -0.39 is 0 Å². The number of hydrogen-bond donors (Lipinski definition) is 1. The van der Waals surface area contributed by atoms with E-state index in [0.717, 1.165) is 18.6 Å². The van der Waals surface area contributed by atoms with Crippen LogP contribution in [0.2, 0.25) is 0 Å². The Morgan fingerprint density at radius 2 is 1.90 bits per heavy atom. The zero-order valence-electron chi connectivity index (χ0n) is 12.8. The van der Waals surface area contributed by atoms with E-state index in [1.54, 1.807) is 31.2 Å². The molecule has 1 aromatic carbocycles. The number of carbonyl (C=O) groups excluding carboxylic acids is 2. The first-order valence-electron chi connectivity index (χ1n) is 7.17. The first-order valence-corrected chi connectivity index (χ1v) is 7.17. The van der Waals surface area contributed by atoms with Crippen molar-refractivity contribution in [2.75, 3.05) is 13.7 Å². The van der Waals surface area contributed by atoms with Crippen molar-refractivity contribution < 1.29 is 19.1 Å². The second kappa shape index (κ2) is 9.00. The number of amides is 1. The van der Waals surface area contributed by atoms with E-state index in [1.165, 1.54) is 7.11 Å². The van der Waals surface area contributed by atoms with E-state index in [1.807, 2.05) is 0 Å². The van der Waals surface area contributed by atoms with Gasteiger partial charge < -0.3 is 14.8 Å². The van der Waals surface area contributed by atoms with Crippen LogP contribution in [0.15, 0.2) is 24.3 Å². The van der Waals surface area contributed by atoms with Crippen LogP contribution < -0.4 is 10.1 Å². The molecule has 0 aliphatic rings. The third-order valence-corrected chi connectivity index (χ3v) is 2.96. The van der Waals surface area contributed by atoms with Gasteiger partial charge in [0.05, 0.1) is 20.1 Å². The molecule has 0 aliphatic heterocycles. The van der Waals surface area contributed by atoms with Crippen molar-refractivity contribution >= 4 is 11.9 Å². The molecule has 1 atom stereocenters. The third-order valence-electron chi connectivity index (χ3n) is 2.96. The summed E-state index contributed by atoms with van der Waals surface area (Å²) in [5.41, 5.74) is 0.537. The molecule has 0 saturated heterocycles. The molecule has 0 aliphatic carbocycles. The lowest BCUT2D eigenvalue weighted by Gasteiger charge is -2.13. The molecule has 1 amide bonds. The van der Waals surface area contributed by atoms with E-state index in [0.29, 0.717) is 12.2 Å². The average Bonchev–Trinajstić information content (AvgIpc) is 2.47. The fourth-order valence-corrected chi connectivity index (χ4v) is 1.73. The smallest absolute Gasteiger partial charge is 0.307 e. The van der Waals surface area contributed by atoms with E-state index in [9.17, 15) is 9.59 Å². The van der Waals surface area contributed by atoms with Gasteiger partial charge in [-0.25, -0.2) is 0 Å². The highest BCUT2D eigenvalue weighted by molar-refractivity contribution is 5.94. The molecule has 5 nitrogen and oxygen atoms in total. The van der Waals surface area contributed by atoms with Gasteiger partial charge in [-0.2, -0.15) is 0 Å². The maximum absolute atomic E-state index is 12.0. The summed E-state index contributed by atoms with van der Waals surface area (Å²) in [5.74, 6) is 0.191. The van der Waals surface area contributed by atoms with Crippen LogP contribution in [-0.4, -0.2) is 31.6 Å². The van der Waals surface area contributed by atoms with Gasteiger partial charge in [-0.05, 0) is 37.6 Å². The Kier molecular flexibility index (Phi) is 7.29. The number of benzene rings is 1. The van der Waals surface area contributed by atoms with Crippen LogP contribution in [0.1, 0.15) is 43.5 Å². The minimum absolute atomic E-state index is 0.153. The maximum Gasteiger partial charge on any atom is 0.307 e. The van der Waals surface area contributed by atoms with Gasteiger partial charge in [0.15, 0.2) is 0 Å². The molecule has 0 saturated carbocycles. The molecule has 1 N–H and O–H groups in total. The average molecular weight is 293 g/mol. The van der Waals surface area contributed by atoms with Gasteiger partial charge in [0.25, 0.3) is 5.91 Å². The number of hydrogen-bond acceptors (Lipinski definition) is 4. The number of methoxy groups -OCH3 is 1. The van der Waals surface area contributed by atoms with Crippen molar-refractivity contribution in [3.05, 3.63) is 29.8 Å². The number of unbranched alkanes of at least 4 members (excludes halogenated alkanes) is 1. The van der Waals surface area contributed by atoms with E-state index in [2.05, 4.69) is 17.0 Å². The van der Waals surface area contributed by atoms with Crippen LogP contribution in [-0.2, 0) is 9.53 Å². The molecule has 0 radical (unpaired) electrons. The maximum atomic E-state index is 12.0. The van der Waals surface area contributed by atoms with Gasteiger partial charge >= 0.3 is 5.97 Å². The van der Waals surface area contributed by atoms with Crippen molar-refractivity contribution in [1.29, 1.82) is 0 Å². The summed E-state index contributed by atoms with van der Waals surface area (Å²) in [7, 11) is 1.33. The summed E-state index contributed by atoms with van der Waals surface area (Å²) in [6, 6.07) is 6.69. The van der Waals surface area contributed by atoms with Crippen LogP contribution in [0.25, 0.3) is 0 Å². The zero-order chi connectivity index (χ0) is 15.7. The Morgan fingerprint density at radius 1 is 1.24 bits per heavy atom. The van der Waals surface area contributed by atoms with Crippen LogP contribution in [0.4, 0.5) is 0 Å². The van der Waals surface area contributed by atoms with Crippen LogP contribution in [0.5, 0.6) is 5.75 Å². The Labute approximate surface area is 125 Å². The Morgan fingerprint density at radius 3 is 2.48 bits per heavy atom. The second-order valence-corrected chi connectivity index (χ2v) is 4.88. The third kappa shape index (κ3) is 6.29. The zero-order valence-corrected chi connectivity index (χ0v) is 12.8. The van der Waals surface area contributed by atoms with Crippen LogP contribution in [0, 0.1) is 0 Å². The Balaban J connectivity index is 2.49. The van der Waals surface area contributed by atoms with Gasteiger partial charge in [-0.3, -0.25) is 9.59 Å². The normalized spacial score (nSPS) is 11.6. The fraction of sp³-hybridized carbons (Fsp3) is 0.500. The predicted octanol–water partition coefficient (Wildman–Crippen LogP) is 2.55. The van der Waals surface area contributed by atoms with Crippen LogP contribution >= 0.6 is 0 Å². The lowest BCUT2D eigenvalue weighted by atomic mass is 10.1. The number of nitrogens with one attached hydrogen (secondary N) is 1. The van der Waals surface area contributed by atoms with Crippen molar-refractivity contribution in [3.8, 4) is 5.75 Å². The monoisotopic (exact) mass is 293 g/mol. The Bertz CT molecular complexity index is 456. The molecule has 0 aromatic heterocycles. The molecule has 0 fully saturated rings. The fourth-order valence-electron chi connectivity index (χ4n) is 1.73. The number of carbonyl (C=O) groups is 2. The highest BCUT2D eigenvalue weighted by Crippen LogP contribution is 2.13. The standard InChI is InChI=1S/C16H23NO4/c1-4-5-10-21-14-8-6-13(7-9-14)16(19)17-12(2)11-15(18)20-3/h6-9,12H,4-5,10-11H2,1-3H3,(H,17,19). The van der Waals surface area contributed by atoms with E-state index in [-0.39, 0.29) is 24.3 Å². The molecular formula is C16H23NO4. The van der Waals surface area contributed by atoms with Gasteiger partial charge in [-0.1, -0.05) is 13.3 Å². The molecule has 1 rings (SSSR count). The molecule has 1 aromatic rings. The minimum Gasteiger partial charge on any atom is -0.494 e. The molecule has 1 unspecified atom stereocenters. The summed E-state index contributed by atoms with van der Waals surface area (Å²) >= 11 is 0. The minimum atomic E-state index is -0.345. The van der Waals surface area contributed by atoms with Crippen molar-refractivity contribution in [2.24, 2.45) is 0 Å². The van der Waals surface area contributed by atoms with Crippen molar-refractivity contribution in [1.82, 2.24) is 5.32 Å². The molecule has 0 spiro atoms. The van der Waals surface area contributed by atoms with E-state index >= 15 is 0 Å². The quantitative estimate of drug-likeness (QED) is 0.591. The van der Waals surface area contributed by atoms with Crippen molar-refractivity contribution in [3.63, 3.8) is 0 Å². The molecule has 0 heterocycles. The largest absolute Gasteiger partial charge is 0.494 e. The van der Waals surface area contributed by atoms with Gasteiger partial charge in [0.1, 0.15) is 5.75 Å². The van der Waals surface area contributed by atoms with Gasteiger partial charge in [0.2, 0.25) is 0 Å². The molecule has 21 heavy (non-hydrogen) atoms. The Hall–Kier alpha value is -2.04. The molecule has 0 bridgehead atoms. The first-order chi connectivity index (χ1) is 10.1. The summed E-state index contributed by atoms with van der Waals surface area (Å²) in [5, 5.41) is 2.75. The first kappa shape index (κ1) is 17.0. The highest BCUT2D eigenvalue weighted by atomic mass is 16.5. The summed E-state index contributed by atoms with van der Waals surface area (Å²) in [6.45, 7) is 4.54. The highest BCUT2D eigenvalue weighted by Gasteiger charge is 2.13. The molecule has 116 valence electrons. The summed E-state index contributed by atoms with van der Waals surface area (Å²) < 4.78 is 10.1. The van der Waals surface area contributed by atoms with E-state index in [4.69, 9.17) is 4.74 Å². The molecular weight excluding hydrogens is 270 g/mol. The van der Waals surface area contributed by atoms with Gasteiger partial charge in [-0.15, -0.1) is 0 Å². The summed E-state index contributed by atoms with van der Waals surface area (Å²) in [4.78, 5) is 23.1. The lowest BCUT2D eigenvalue weighted by Crippen LogP contribution is -2.34. The summed E-state index contributed by atoms with van der Waals surface area (Å²) in [6.07, 6.45) is 2.24. The molecule has 5 heteroatoms. The van der Waals surface area contributed by atoms with Gasteiger partial charge in [0, 0.05) is 11.6 Å². The second-order valence-electron chi connectivity index (χ2n) is 4.88. The predicted molar refractivity (Wildman–Crippen MR) is 80.4 cm³/mol. The SMILES string of the molecule is CCCCOc1ccc(C(=O)NC(C)CC(=O)OC)cc1. The number of ether oxygens (including phenoxy) is 2. The topological polar surface area (TPSA) is 64.6 Å². The van der Waals surface area contributed by atoms with Crippen molar-refractivity contribution in [2.45, 2.75) is 39.2 Å². The number of rotatable bonds is 8. The number of esters is 1.